The zero-order valence-corrected chi connectivity index (χ0v) is 10.6. The zero-order valence-electron chi connectivity index (χ0n) is 10.6. The van der Waals surface area contributed by atoms with E-state index in [4.69, 9.17) is 10.2 Å². The lowest BCUT2D eigenvalue weighted by atomic mass is 10.1. The number of primary amides is 1. The van der Waals surface area contributed by atoms with Crippen LogP contribution in [-0.2, 0) is 11.3 Å². The summed E-state index contributed by atoms with van der Waals surface area (Å²) in [7, 11) is 0. The van der Waals surface area contributed by atoms with Crippen LogP contribution in [0.1, 0.15) is 5.76 Å². The van der Waals surface area contributed by atoms with Crippen molar-refractivity contribution < 1.29 is 9.21 Å². The van der Waals surface area contributed by atoms with Crippen LogP contribution in [-0.4, -0.2) is 36.5 Å². The highest BCUT2D eigenvalue weighted by atomic mass is 16.3. The molecule has 0 aliphatic carbocycles. The number of nitrogens with one attached hydrogen (secondary N) is 1. The number of amides is 1. The zero-order chi connectivity index (χ0) is 13.2. The van der Waals surface area contributed by atoms with Gasteiger partial charge in [-0.05, 0) is 12.1 Å². The first-order valence-electron chi connectivity index (χ1n) is 6.45. The van der Waals surface area contributed by atoms with Gasteiger partial charge in [-0.15, -0.1) is 0 Å². The van der Waals surface area contributed by atoms with Gasteiger partial charge in [0.25, 0.3) is 0 Å². The SMILES string of the molecule is NC(=O)C1CNCCN1Cc1cc2ccccc2o1. The molecule has 3 rings (SSSR count). The Bertz CT molecular complexity index is 560. The number of nitrogens with two attached hydrogens (primary N) is 1. The Morgan fingerprint density at radius 2 is 2.32 bits per heavy atom. The number of piperazine rings is 1. The van der Waals surface area contributed by atoms with Gasteiger partial charge in [0.05, 0.1) is 6.54 Å². The molecular formula is C14H17N3O2. The standard InChI is InChI=1S/C14H17N3O2/c15-14(18)12-8-16-5-6-17(12)9-11-7-10-3-1-2-4-13(10)19-11/h1-4,7,12,16H,5-6,8-9H2,(H2,15,18). The summed E-state index contributed by atoms with van der Waals surface area (Å²) in [5.41, 5.74) is 6.31. The van der Waals surface area contributed by atoms with E-state index in [1.807, 2.05) is 30.3 Å². The molecule has 5 nitrogen and oxygen atoms in total. The van der Waals surface area contributed by atoms with Gasteiger partial charge in [0, 0.05) is 25.0 Å². The van der Waals surface area contributed by atoms with Gasteiger partial charge < -0.3 is 15.5 Å². The average Bonchev–Trinajstić information content (AvgIpc) is 2.81. The molecule has 1 amide bonds. The van der Waals surface area contributed by atoms with Crippen molar-refractivity contribution in [3.8, 4) is 0 Å². The number of para-hydroxylation sites is 1. The summed E-state index contributed by atoms with van der Waals surface area (Å²) >= 11 is 0. The van der Waals surface area contributed by atoms with Gasteiger partial charge >= 0.3 is 0 Å². The van der Waals surface area contributed by atoms with Crippen molar-refractivity contribution in [3.05, 3.63) is 36.1 Å². The monoisotopic (exact) mass is 259 g/mol. The minimum Gasteiger partial charge on any atom is -0.460 e. The maximum Gasteiger partial charge on any atom is 0.236 e. The van der Waals surface area contributed by atoms with Gasteiger partial charge in [-0.2, -0.15) is 0 Å². The van der Waals surface area contributed by atoms with E-state index in [1.165, 1.54) is 0 Å². The molecule has 1 aromatic carbocycles. The molecule has 1 aliphatic heterocycles. The van der Waals surface area contributed by atoms with Crippen molar-refractivity contribution in [2.45, 2.75) is 12.6 Å². The molecule has 0 spiro atoms. The third-order valence-electron chi connectivity index (χ3n) is 3.52. The molecule has 0 radical (unpaired) electrons. The van der Waals surface area contributed by atoms with Gasteiger partial charge in [0.2, 0.25) is 5.91 Å². The molecular weight excluding hydrogens is 242 g/mol. The molecule has 0 bridgehead atoms. The molecule has 1 fully saturated rings. The van der Waals surface area contributed by atoms with Crippen LogP contribution in [0.3, 0.4) is 0 Å². The van der Waals surface area contributed by atoms with Crippen molar-refractivity contribution in [2.75, 3.05) is 19.6 Å². The molecule has 1 atom stereocenters. The molecule has 1 aromatic heterocycles. The Morgan fingerprint density at radius 1 is 1.47 bits per heavy atom. The molecule has 19 heavy (non-hydrogen) atoms. The predicted molar refractivity (Wildman–Crippen MR) is 72.5 cm³/mol. The Morgan fingerprint density at radius 3 is 3.11 bits per heavy atom. The van der Waals surface area contributed by atoms with Crippen molar-refractivity contribution in [1.29, 1.82) is 0 Å². The van der Waals surface area contributed by atoms with E-state index >= 15 is 0 Å². The summed E-state index contributed by atoms with van der Waals surface area (Å²) in [4.78, 5) is 13.5. The normalized spacial score (nSPS) is 20.7. The van der Waals surface area contributed by atoms with E-state index in [-0.39, 0.29) is 11.9 Å². The van der Waals surface area contributed by atoms with Crippen molar-refractivity contribution >= 4 is 16.9 Å². The molecule has 1 unspecified atom stereocenters. The first kappa shape index (κ1) is 12.2. The lowest BCUT2D eigenvalue weighted by Crippen LogP contribution is -2.56. The Kier molecular flexibility index (Phi) is 3.23. The van der Waals surface area contributed by atoms with Gasteiger partial charge in [0.15, 0.2) is 0 Å². The number of hydrogen-bond acceptors (Lipinski definition) is 4. The third kappa shape index (κ3) is 2.47. The lowest BCUT2D eigenvalue weighted by Gasteiger charge is -2.33. The van der Waals surface area contributed by atoms with Crippen LogP contribution in [0.2, 0.25) is 0 Å². The summed E-state index contributed by atoms with van der Waals surface area (Å²) < 4.78 is 5.78. The van der Waals surface area contributed by atoms with Gasteiger partial charge in [-0.3, -0.25) is 9.69 Å². The van der Waals surface area contributed by atoms with Crippen LogP contribution in [0.4, 0.5) is 0 Å². The summed E-state index contributed by atoms with van der Waals surface area (Å²) in [6.07, 6.45) is 0. The number of hydrogen-bond donors (Lipinski definition) is 2. The second-order valence-corrected chi connectivity index (χ2v) is 4.84. The smallest absolute Gasteiger partial charge is 0.236 e. The van der Waals surface area contributed by atoms with E-state index in [9.17, 15) is 4.79 Å². The van der Waals surface area contributed by atoms with Crippen molar-refractivity contribution in [1.82, 2.24) is 10.2 Å². The number of carbonyl (C=O) groups is 1. The predicted octanol–water partition coefficient (Wildman–Crippen LogP) is 0.692. The summed E-state index contributed by atoms with van der Waals surface area (Å²) in [5, 5.41) is 4.27. The molecule has 3 N–H and O–H groups in total. The fraction of sp³-hybridized carbons (Fsp3) is 0.357. The first-order valence-corrected chi connectivity index (χ1v) is 6.45. The fourth-order valence-corrected chi connectivity index (χ4v) is 2.53. The number of nitrogens with zero attached hydrogens (tertiary/aromatic N) is 1. The van der Waals surface area contributed by atoms with E-state index < -0.39 is 0 Å². The molecule has 2 aromatic rings. The summed E-state index contributed by atoms with van der Waals surface area (Å²) in [5.74, 6) is 0.581. The highest BCUT2D eigenvalue weighted by Gasteiger charge is 2.27. The van der Waals surface area contributed by atoms with Gasteiger partial charge in [0.1, 0.15) is 17.4 Å². The molecule has 5 heteroatoms. The summed E-state index contributed by atoms with van der Waals surface area (Å²) in [6.45, 7) is 2.88. The molecule has 1 saturated heterocycles. The quantitative estimate of drug-likeness (QED) is 0.851. The van der Waals surface area contributed by atoms with E-state index in [2.05, 4.69) is 10.2 Å². The van der Waals surface area contributed by atoms with Crippen LogP contribution >= 0.6 is 0 Å². The van der Waals surface area contributed by atoms with Crippen LogP contribution in [0.15, 0.2) is 34.7 Å². The highest BCUT2D eigenvalue weighted by molar-refractivity contribution is 5.80. The second-order valence-electron chi connectivity index (χ2n) is 4.84. The maximum atomic E-state index is 11.4. The largest absolute Gasteiger partial charge is 0.460 e. The average molecular weight is 259 g/mol. The van der Waals surface area contributed by atoms with E-state index in [1.54, 1.807) is 0 Å². The topological polar surface area (TPSA) is 71.5 Å². The number of benzene rings is 1. The summed E-state index contributed by atoms with van der Waals surface area (Å²) in [6, 6.07) is 9.66. The van der Waals surface area contributed by atoms with Crippen LogP contribution in [0.25, 0.3) is 11.0 Å². The van der Waals surface area contributed by atoms with Gasteiger partial charge in [-0.1, -0.05) is 18.2 Å². The van der Waals surface area contributed by atoms with Crippen LogP contribution in [0, 0.1) is 0 Å². The van der Waals surface area contributed by atoms with Crippen LogP contribution in [0.5, 0.6) is 0 Å². The maximum absolute atomic E-state index is 11.4. The number of rotatable bonds is 3. The Labute approximate surface area is 111 Å². The number of carbonyl (C=O) groups excluding carboxylic acids is 1. The van der Waals surface area contributed by atoms with Gasteiger partial charge in [-0.25, -0.2) is 0 Å². The first-order chi connectivity index (χ1) is 9.24. The molecule has 1 aliphatic rings. The van der Waals surface area contributed by atoms with Crippen molar-refractivity contribution in [2.24, 2.45) is 5.73 Å². The lowest BCUT2D eigenvalue weighted by molar-refractivity contribution is -0.124. The second kappa shape index (κ2) is 5.03. The number of fused-ring (bicyclic) bond motifs is 1. The Balaban J connectivity index is 1.80. The third-order valence-corrected chi connectivity index (χ3v) is 3.52. The minimum absolute atomic E-state index is 0.262. The molecule has 100 valence electrons. The van der Waals surface area contributed by atoms with Crippen LogP contribution < -0.4 is 11.1 Å². The van der Waals surface area contributed by atoms with E-state index in [0.29, 0.717) is 13.1 Å². The van der Waals surface area contributed by atoms with E-state index in [0.717, 1.165) is 29.8 Å². The van der Waals surface area contributed by atoms with Crippen molar-refractivity contribution in [3.63, 3.8) is 0 Å². The minimum atomic E-state index is -0.289. The highest BCUT2D eigenvalue weighted by Crippen LogP contribution is 2.20. The molecule has 2 heterocycles. The number of furan rings is 1. The fourth-order valence-electron chi connectivity index (χ4n) is 2.53. The Hall–Kier alpha value is -1.85. The molecule has 0 saturated carbocycles.